The lowest BCUT2D eigenvalue weighted by atomic mass is 9.79. The number of nitrogens with zero attached hydrogens (tertiary/aromatic N) is 1. The highest BCUT2D eigenvalue weighted by molar-refractivity contribution is 5.86. The van der Waals surface area contributed by atoms with Gasteiger partial charge in [-0.15, -0.1) is 0 Å². The summed E-state index contributed by atoms with van der Waals surface area (Å²) in [5, 5.41) is 13.7. The van der Waals surface area contributed by atoms with Crippen LogP contribution < -0.4 is 5.32 Å². The van der Waals surface area contributed by atoms with E-state index < -0.39 is 22.7 Å². The monoisotopic (exact) mass is 394 g/mol. The number of esters is 1. The first-order valence-electron chi connectivity index (χ1n) is 9.39. The maximum absolute atomic E-state index is 12.8. The van der Waals surface area contributed by atoms with Crippen LogP contribution in [0.4, 0.5) is 5.69 Å². The third-order valence-corrected chi connectivity index (χ3v) is 4.94. The first-order valence-corrected chi connectivity index (χ1v) is 9.39. The molecule has 0 unspecified atom stereocenters. The van der Waals surface area contributed by atoms with Crippen LogP contribution in [0.1, 0.15) is 29.9 Å². The second kappa shape index (κ2) is 9.14. The van der Waals surface area contributed by atoms with E-state index in [9.17, 15) is 19.7 Å². The van der Waals surface area contributed by atoms with Crippen molar-refractivity contribution in [2.24, 2.45) is 5.92 Å². The molecular weight excluding hydrogens is 372 g/mol. The fraction of sp³-hybridized carbons (Fsp3) is 0.273. The molecule has 1 aliphatic rings. The van der Waals surface area contributed by atoms with Crippen molar-refractivity contribution in [3.63, 3.8) is 0 Å². The number of carbonyl (C=O) groups is 2. The molecule has 2 aromatic carbocycles. The predicted molar refractivity (Wildman–Crippen MR) is 107 cm³/mol. The van der Waals surface area contributed by atoms with Gasteiger partial charge in [0.05, 0.1) is 11.5 Å². The van der Waals surface area contributed by atoms with Crippen molar-refractivity contribution in [2.45, 2.75) is 25.2 Å². The topological polar surface area (TPSA) is 98.5 Å². The summed E-state index contributed by atoms with van der Waals surface area (Å²) in [5.41, 5.74) is 1.87. The molecule has 0 saturated carbocycles. The number of carbonyl (C=O) groups excluding carboxylic acids is 2. The van der Waals surface area contributed by atoms with Gasteiger partial charge in [0.15, 0.2) is 0 Å². The highest BCUT2D eigenvalue weighted by atomic mass is 16.6. The molecule has 1 heterocycles. The van der Waals surface area contributed by atoms with Gasteiger partial charge >= 0.3 is 5.97 Å². The van der Waals surface area contributed by atoms with E-state index in [0.29, 0.717) is 12.0 Å². The van der Waals surface area contributed by atoms with Crippen LogP contribution in [0.25, 0.3) is 0 Å². The molecule has 0 bridgehead atoms. The quantitative estimate of drug-likeness (QED) is 0.335. The van der Waals surface area contributed by atoms with Gasteiger partial charge < -0.3 is 10.1 Å². The van der Waals surface area contributed by atoms with Crippen LogP contribution >= 0.6 is 0 Å². The third-order valence-electron chi connectivity index (χ3n) is 4.94. The van der Waals surface area contributed by atoms with E-state index >= 15 is 0 Å². The van der Waals surface area contributed by atoms with E-state index in [-0.39, 0.29) is 30.3 Å². The first-order chi connectivity index (χ1) is 14.0. The Labute approximate surface area is 168 Å². The third kappa shape index (κ3) is 5.07. The van der Waals surface area contributed by atoms with Gasteiger partial charge in [0.2, 0.25) is 5.91 Å². The Bertz CT molecular complexity index is 926. The van der Waals surface area contributed by atoms with Gasteiger partial charge in [-0.05, 0) is 24.0 Å². The summed E-state index contributed by atoms with van der Waals surface area (Å²) in [6.45, 7) is 4.05. The number of aryl methyl sites for hydroxylation is 1. The Balaban J connectivity index is 1.69. The standard InChI is InChI=1S/C22H22N2O5/c1-15-21(22(26)29-12-6-9-16-7-3-2-4-8-16)19(14-20(25)23-15)17-10-5-11-18(13-17)24(27)28/h2-5,7-8,10-11,13,19,21H,1,6,9,12,14H2,(H,23,25)/t19-,21+/m0/s1. The zero-order valence-corrected chi connectivity index (χ0v) is 15.9. The van der Waals surface area contributed by atoms with Gasteiger partial charge in [-0.3, -0.25) is 19.7 Å². The molecule has 1 aliphatic heterocycles. The summed E-state index contributed by atoms with van der Waals surface area (Å²) < 4.78 is 5.45. The van der Waals surface area contributed by atoms with Gasteiger partial charge in [0.25, 0.3) is 5.69 Å². The summed E-state index contributed by atoms with van der Waals surface area (Å²) in [6.07, 6.45) is 1.48. The second-order valence-corrected chi connectivity index (χ2v) is 6.97. The summed E-state index contributed by atoms with van der Waals surface area (Å²) >= 11 is 0. The van der Waals surface area contributed by atoms with Crippen LogP contribution in [0.5, 0.6) is 0 Å². The molecule has 1 saturated heterocycles. The summed E-state index contributed by atoms with van der Waals surface area (Å²) in [7, 11) is 0. The number of nitro benzene ring substituents is 1. The molecule has 1 fully saturated rings. The zero-order valence-electron chi connectivity index (χ0n) is 15.9. The molecule has 0 aromatic heterocycles. The molecule has 7 nitrogen and oxygen atoms in total. The Morgan fingerprint density at radius 2 is 1.97 bits per heavy atom. The van der Waals surface area contributed by atoms with Gasteiger partial charge in [-0.2, -0.15) is 0 Å². The molecule has 0 aliphatic carbocycles. The van der Waals surface area contributed by atoms with Crippen molar-refractivity contribution in [1.29, 1.82) is 0 Å². The Morgan fingerprint density at radius 1 is 1.21 bits per heavy atom. The maximum atomic E-state index is 12.8. The highest BCUT2D eigenvalue weighted by Gasteiger charge is 2.39. The lowest BCUT2D eigenvalue weighted by Gasteiger charge is -2.32. The van der Waals surface area contributed by atoms with Gasteiger partial charge in [0, 0.05) is 30.2 Å². The van der Waals surface area contributed by atoms with Gasteiger partial charge in [-0.25, -0.2) is 0 Å². The number of benzene rings is 2. The number of non-ortho nitro benzene ring substituents is 1. The van der Waals surface area contributed by atoms with Crippen molar-refractivity contribution < 1.29 is 19.2 Å². The average molecular weight is 394 g/mol. The SMILES string of the molecule is C=C1NC(=O)C[C@@H](c2cccc([N+](=O)[O-])c2)[C@@H]1C(=O)OCCCc1ccccc1. The Hall–Kier alpha value is -3.48. The van der Waals surface area contributed by atoms with Crippen molar-refractivity contribution in [3.05, 3.63) is 88.1 Å². The molecular formula is C22H22N2O5. The van der Waals surface area contributed by atoms with Crippen LogP contribution in [-0.4, -0.2) is 23.4 Å². The maximum Gasteiger partial charge on any atom is 0.315 e. The predicted octanol–water partition coefficient (Wildman–Crippen LogP) is 3.50. The smallest absolute Gasteiger partial charge is 0.315 e. The van der Waals surface area contributed by atoms with Crippen molar-refractivity contribution in [1.82, 2.24) is 5.32 Å². The van der Waals surface area contributed by atoms with Crippen LogP contribution in [0.2, 0.25) is 0 Å². The highest BCUT2D eigenvalue weighted by Crippen LogP contribution is 2.37. The number of rotatable bonds is 7. The molecule has 1 amide bonds. The number of nitrogens with one attached hydrogen (secondary N) is 1. The normalized spacial score (nSPS) is 18.8. The minimum absolute atomic E-state index is 0.0317. The van der Waals surface area contributed by atoms with Crippen molar-refractivity contribution >= 4 is 17.6 Å². The molecule has 1 N–H and O–H groups in total. The summed E-state index contributed by atoms with van der Waals surface area (Å²) in [4.78, 5) is 35.4. The van der Waals surface area contributed by atoms with Crippen LogP contribution in [0.15, 0.2) is 66.9 Å². The van der Waals surface area contributed by atoms with Crippen molar-refractivity contribution in [2.75, 3.05) is 6.61 Å². The molecule has 0 spiro atoms. The van der Waals surface area contributed by atoms with Gasteiger partial charge in [0.1, 0.15) is 5.92 Å². The Kier molecular flexibility index (Phi) is 6.39. The first kappa shape index (κ1) is 20.3. The minimum Gasteiger partial charge on any atom is -0.465 e. The molecule has 29 heavy (non-hydrogen) atoms. The number of hydrogen-bond donors (Lipinski definition) is 1. The van der Waals surface area contributed by atoms with E-state index in [1.165, 1.54) is 12.1 Å². The lowest BCUT2D eigenvalue weighted by molar-refractivity contribution is -0.384. The summed E-state index contributed by atoms with van der Waals surface area (Å²) in [6, 6.07) is 15.9. The average Bonchev–Trinajstić information content (AvgIpc) is 2.71. The summed E-state index contributed by atoms with van der Waals surface area (Å²) in [5.74, 6) is -2.11. The molecule has 3 rings (SSSR count). The second-order valence-electron chi connectivity index (χ2n) is 6.97. The number of ether oxygens (including phenoxy) is 1. The number of nitro groups is 1. The number of hydrogen-bond acceptors (Lipinski definition) is 5. The van der Waals surface area contributed by atoms with E-state index in [0.717, 1.165) is 12.0 Å². The minimum atomic E-state index is -0.786. The number of piperidine rings is 1. The fourth-order valence-corrected chi connectivity index (χ4v) is 3.54. The van der Waals surface area contributed by atoms with Crippen LogP contribution in [0, 0.1) is 16.0 Å². The van der Waals surface area contributed by atoms with Crippen LogP contribution in [-0.2, 0) is 20.7 Å². The van der Waals surface area contributed by atoms with E-state index in [4.69, 9.17) is 4.74 Å². The number of amides is 1. The fourth-order valence-electron chi connectivity index (χ4n) is 3.54. The van der Waals surface area contributed by atoms with E-state index in [1.807, 2.05) is 30.3 Å². The van der Waals surface area contributed by atoms with Crippen molar-refractivity contribution in [3.8, 4) is 0 Å². The Morgan fingerprint density at radius 3 is 2.69 bits per heavy atom. The largest absolute Gasteiger partial charge is 0.465 e. The molecule has 2 aromatic rings. The van der Waals surface area contributed by atoms with Crippen LogP contribution in [0.3, 0.4) is 0 Å². The van der Waals surface area contributed by atoms with Gasteiger partial charge in [-0.1, -0.05) is 49.0 Å². The molecule has 150 valence electrons. The lowest BCUT2D eigenvalue weighted by Crippen LogP contribution is -2.41. The van der Waals surface area contributed by atoms with E-state index in [2.05, 4.69) is 11.9 Å². The van der Waals surface area contributed by atoms with E-state index in [1.54, 1.807) is 12.1 Å². The zero-order chi connectivity index (χ0) is 20.8. The molecule has 2 atom stereocenters. The molecule has 0 radical (unpaired) electrons. The molecule has 7 heteroatoms.